The molecule has 5 nitrogen and oxygen atoms in total. The zero-order chi connectivity index (χ0) is 12.6. The van der Waals surface area contributed by atoms with Gasteiger partial charge in [0.2, 0.25) is 5.91 Å². The van der Waals surface area contributed by atoms with E-state index in [1.165, 1.54) is 14.2 Å². The van der Waals surface area contributed by atoms with E-state index < -0.39 is 7.60 Å². The van der Waals surface area contributed by atoms with Gasteiger partial charge in [-0.25, -0.2) is 0 Å². The van der Waals surface area contributed by atoms with Crippen molar-refractivity contribution in [2.45, 2.75) is 26.7 Å². The lowest BCUT2D eigenvalue weighted by Crippen LogP contribution is -2.34. The van der Waals surface area contributed by atoms with Crippen LogP contribution in [0.5, 0.6) is 0 Å². The highest BCUT2D eigenvalue weighted by Crippen LogP contribution is 2.46. The third-order valence-corrected chi connectivity index (χ3v) is 4.00. The van der Waals surface area contributed by atoms with Crippen LogP contribution >= 0.6 is 7.60 Å². The first-order valence-corrected chi connectivity index (χ1v) is 7.24. The Bertz CT molecular complexity index is 243. The number of nitrogens with zero attached hydrogens (tertiary/aromatic N) is 1. The number of rotatable bonds is 8. The van der Waals surface area contributed by atoms with Crippen LogP contribution < -0.4 is 0 Å². The van der Waals surface area contributed by atoms with E-state index in [0.717, 1.165) is 12.8 Å². The zero-order valence-corrected chi connectivity index (χ0v) is 11.5. The summed E-state index contributed by atoms with van der Waals surface area (Å²) in [5.74, 6) is -0.171. The maximum atomic E-state index is 11.9. The fourth-order valence-corrected chi connectivity index (χ4v) is 2.31. The maximum absolute atomic E-state index is 11.9. The predicted octanol–water partition coefficient (Wildman–Crippen LogP) is 2.12. The van der Waals surface area contributed by atoms with Crippen LogP contribution in [0.25, 0.3) is 0 Å². The molecule has 0 saturated carbocycles. The third kappa shape index (κ3) is 5.10. The Morgan fingerprint density at radius 2 is 1.56 bits per heavy atom. The smallest absolute Gasteiger partial charge is 0.339 e. The van der Waals surface area contributed by atoms with E-state index >= 15 is 0 Å². The highest BCUT2D eigenvalue weighted by molar-refractivity contribution is 7.54. The number of carbonyl (C=O) groups excluding carboxylic acids is 1. The molecule has 1 amide bonds. The van der Waals surface area contributed by atoms with Gasteiger partial charge >= 0.3 is 7.60 Å². The average Bonchev–Trinajstić information content (AvgIpc) is 2.28. The average molecular weight is 251 g/mol. The van der Waals surface area contributed by atoms with E-state index in [1.807, 2.05) is 13.8 Å². The molecule has 0 spiro atoms. The predicted molar refractivity (Wildman–Crippen MR) is 63.7 cm³/mol. The van der Waals surface area contributed by atoms with Gasteiger partial charge in [0.05, 0.1) is 0 Å². The van der Waals surface area contributed by atoms with Crippen molar-refractivity contribution in [3.63, 3.8) is 0 Å². The van der Waals surface area contributed by atoms with Gasteiger partial charge in [0, 0.05) is 27.3 Å². The van der Waals surface area contributed by atoms with Gasteiger partial charge in [-0.15, -0.1) is 0 Å². The summed E-state index contributed by atoms with van der Waals surface area (Å²) in [6.07, 6.45) is 1.59. The van der Waals surface area contributed by atoms with Crippen molar-refractivity contribution in [1.82, 2.24) is 4.90 Å². The Morgan fingerprint density at radius 1 is 1.12 bits per heavy atom. The summed E-state index contributed by atoms with van der Waals surface area (Å²) >= 11 is 0. The largest absolute Gasteiger partial charge is 0.342 e. The van der Waals surface area contributed by atoms with E-state index in [1.54, 1.807) is 4.90 Å². The van der Waals surface area contributed by atoms with Gasteiger partial charge in [0.15, 0.2) is 0 Å². The van der Waals surface area contributed by atoms with E-state index in [0.29, 0.717) is 13.1 Å². The molecule has 0 aliphatic heterocycles. The van der Waals surface area contributed by atoms with Crippen LogP contribution in [0.4, 0.5) is 0 Å². The van der Waals surface area contributed by atoms with Crippen molar-refractivity contribution >= 4 is 13.5 Å². The van der Waals surface area contributed by atoms with Gasteiger partial charge in [-0.05, 0) is 12.8 Å². The molecule has 0 unspecified atom stereocenters. The molecule has 0 aliphatic rings. The third-order valence-electron chi connectivity index (χ3n) is 2.23. The lowest BCUT2D eigenvalue weighted by molar-refractivity contribution is -0.128. The molecule has 0 N–H and O–H groups in total. The van der Waals surface area contributed by atoms with E-state index in [4.69, 9.17) is 9.05 Å². The van der Waals surface area contributed by atoms with Gasteiger partial charge in [-0.2, -0.15) is 0 Å². The van der Waals surface area contributed by atoms with Crippen LogP contribution in [-0.4, -0.2) is 44.3 Å². The molecule has 0 aromatic heterocycles. The summed E-state index contributed by atoms with van der Waals surface area (Å²) in [5.41, 5.74) is 0. The normalized spacial score (nSPS) is 11.5. The van der Waals surface area contributed by atoms with Crippen LogP contribution in [0.15, 0.2) is 0 Å². The number of hydrogen-bond acceptors (Lipinski definition) is 4. The summed E-state index contributed by atoms with van der Waals surface area (Å²) in [4.78, 5) is 13.5. The Labute approximate surface area is 97.6 Å². The molecule has 0 aromatic carbocycles. The monoisotopic (exact) mass is 251 g/mol. The van der Waals surface area contributed by atoms with E-state index in [-0.39, 0.29) is 12.1 Å². The lowest BCUT2D eigenvalue weighted by Gasteiger charge is -2.23. The second-order valence-electron chi connectivity index (χ2n) is 3.51. The summed E-state index contributed by atoms with van der Waals surface area (Å²) < 4.78 is 21.3. The quantitative estimate of drug-likeness (QED) is 0.620. The summed E-state index contributed by atoms with van der Waals surface area (Å²) in [5, 5.41) is 0. The summed E-state index contributed by atoms with van der Waals surface area (Å²) in [7, 11) is -0.643. The molecule has 16 heavy (non-hydrogen) atoms. The molecule has 0 aliphatic carbocycles. The molecule has 0 aromatic rings. The lowest BCUT2D eigenvalue weighted by atomic mass is 10.3. The van der Waals surface area contributed by atoms with Crippen molar-refractivity contribution in [2.75, 3.05) is 33.5 Å². The highest BCUT2D eigenvalue weighted by atomic mass is 31.2. The number of carbonyl (C=O) groups is 1. The van der Waals surface area contributed by atoms with Gasteiger partial charge in [-0.1, -0.05) is 13.8 Å². The van der Waals surface area contributed by atoms with Crippen molar-refractivity contribution in [2.24, 2.45) is 0 Å². The van der Waals surface area contributed by atoms with Crippen LogP contribution in [0.2, 0.25) is 0 Å². The summed E-state index contributed by atoms with van der Waals surface area (Å²) in [6, 6.07) is 0. The van der Waals surface area contributed by atoms with Crippen molar-refractivity contribution < 1.29 is 18.4 Å². The Morgan fingerprint density at radius 3 is 1.88 bits per heavy atom. The molecule has 0 fully saturated rings. The molecule has 0 rings (SSSR count). The minimum absolute atomic E-state index is 0.171. The minimum Gasteiger partial charge on any atom is -0.342 e. The molecule has 96 valence electrons. The molecule has 0 bridgehead atoms. The Balaban J connectivity index is 4.44. The van der Waals surface area contributed by atoms with Gasteiger partial charge in [0.25, 0.3) is 0 Å². The zero-order valence-electron chi connectivity index (χ0n) is 10.6. The molecule has 0 atom stereocenters. The van der Waals surface area contributed by atoms with Crippen LogP contribution in [0.1, 0.15) is 26.7 Å². The number of amides is 1. The molecular weight excluding hydrogens is 229 g/mol. The minimum atomic E-state index is -3.23. The Kier molecular flexibility index (Phi) is 7.64. The van der Waals surface area contributed by atoms with Crippen LogP contribution in [-0.2, 0) is 18.4 Å². The Hall–Kier alpha value is -0.380. The molecule has 6 heteroatoms. The van der Waals surface area contributed by atoms with Crippen LogP contribution in [0.3, 0.4) is 0 Å². The number of hydrogen-bond donors (Lipinski definition) is 0. The molecular formula is C10H22NO4P. The fourth-order valence-electron chi connectivity index (χ4n) is 1.37. The van der Waals surface area contributed by atoms with Crippen molar-refractivity contribution in [1.29, 1.82) is 0 Å². The first-order valence-electron chi connectivity index (χ1n) is 5.51. The second kappa shape index (κ2) is 7.82. The van der Waals surface area contributed by atoms with Crippen LogP contribution in [0, 0.1) is 0 Å². The first kappa shape index (κ1) is 15.6. The second-order valence-corrected chi connectivity index (χ2v) is 5.78. The maximum Gasteiger partial charge on any atom is 0.339 e. The van der Waals surface area contributed by atoms with Gasteiger partial charge < -0.3 is 13.9 Å². The first-order chi connectivity index (χ1) is 7.52. The molecule has 0 radical (unpaired) electrons. The topological polar surface area (TPSA) is 55.8 Å². The highest BCUT2D eigenvalue weighted by Gasteiger charge is 2.27. The van der Waals surface area contributed by atoms with E-state index in [9.17, 15) is 9.36 Å². The van der Waals surface area contributed by atoms with Crippen molar-refractivity contribution in [3.05, 3.63) is 0 Å². The van der Waals surface area contributed by atoms with Gasteiger partial charge in [-0.3, -0.25) is 9.36 Å². The molecule has 0 heterocycles. The molecule has 0 saturated heterocycles. The SMILES string of the molecule is CCCN(CCC)C(=O)CP(=O)(OC)OC. The fraction of sp³-hybridized carbons (Fsp3) is 0.900. The van der Waals surface area contributed by atoms with Gasteiger partial charge in [0.1, 0.15) is 6.16 Å². The summed E-state index contributed by atoms with van der Waals surface area (Å²) in [6.45, 7) is 5.37. The van der Waals surface area contributed by atoms with E-state index in [2.05, 4.69) is 0 Å². The standard InChI is InChI=1S/C10H22NO4P/c1-5-7-11(8-6-2)10(12)9-16(13,14-3)15-4/h5-9H2,1-4H3. The van der Waals surface area contributed by atoms with Crippen molar-refractivity contribution in [3.8, 4) is 0 Å².